The van der Waals surface area contributed by atoms with Crippen LogP contribution in [-0.2, 0) is 11.8 Å². The Morgan fingerprint density at radius 3 is 2.94 bits per heavy atom. The summed E-state index contributed by atoms with van der Waals surface area (Å²) in [6.07, 6.45) is 6.15. The lowest BCUT2D eigenvalue weighted by Crippen LogP contribution is -2.39. The van der Waals surface area contributed by atoms with Gasteiger partial charge >= 0.3 is 0 Å². The van der Waals surface area contributed by atoms with Crippen LogP contribution in [0.3, 0.4) is 0 Å². The highest BCUT2D eigenvalue weighted by atomic mass is 16.5. The lowest BCUT2D eigenvalue weighted by molar-refractivity contribution is 0.0791. The van der Waals surface area contributed by atoms with E-state index in [1.807, 2.05) is 17.9 Å². The molecule has 94 valence electrons. The second kappa shape index (κ2) is 4.42. The molecule has 1 saturated heterocycles. The first-order chi connectivity index (χ1) is 8.25. The lowest BCUT2D eigenvalue weighted by atomic mass is 10.0. The minimum atomic E-state index is 0.343. The van der Waals surface area contributed by atoms with Gasteiger partial charge in [-0.25, -0.2) is 0 Å². The largest absolute Gasteiger partial charge is 0.376 e. The minimum absolute atomic E-state index is 0.343. The SMILES string of the molecule is CC(NC1CCOC1C1CC1)c1ccnn1C. The highest BCUT2D eigenvalue weighted by Gasteiger charge is 2.40. The summed E-state index contributed by atoms with van der Waals surface area (Å²) in [5.74, 6) is 0.814. The van der Waals surface area contributed by atoms with E-state index < -0.39 is 0 Å². The first-order valence-electron chi connectivity index (χ1n) is 6.61. The molecule has 2 fully saturated rings. The van der Waals surface area contributed by atoms with Gasteiger partial charge in [0, 0.05) is 31.9 Å². The second-order valence-corrected chi connectivity index (χ2v) is 5.34. The van der Waals surface area contributed by atoms with E-state index in [1.54, 1.807) is 0 Å². The molecule has 17 heavy (non-hydrogen) atoms. The van der Waals surface area contributed by atoms with Crippen LogP contribution in [0, 0.1) is 5.92 Å². The number of hydrogen-bond acceptors (Lipinski definition) is 3. The van der Waals surface area contributed by atoms with Gasteiger partial charge in [0.15, 0.2) is 0 Å². The van der Waals surface area contributed by atoms with E-state index in [1.165, 1.54) is 18.5 Å². The van der Waals surface area contributed by atoms with Crippen LogP contribution < -0.4 is 5.32 Å². The van der Waals surface area contributed by atoms with Crippen molar-refractivity contribution in [1.29, 1.82) is 0 Å². The first kappa shape index (κ1) is 11.2. The molecule has 3 rings (SSSR count). The molecular weight excluding hydrogens is 214 g/mol. The normalized spacial score (nSPS) is 30.7. The Balaban J connectivity index is 1.64. The van der Waals surface area contributed by atoms with Crippen LogP contribution in [-0.4, -0.2) is 28.5 Å². The number of aryl methyl sites for hydroxylation is 1. The molecule has 4 nitrogen and oxygen atoms in total. The van der Waals surface area contributed by atoms with Crippen LogP contribution in [0.5, 0.6) is 0 Å². The smallest absolute Gasteiger partial charge is 0.0757 e. The number of nitrogens with one attached hydrogen (secondary N) is 1. The van der Waals surface area contributed by atoms with Crippen LogP contribution in [0.4, 0.5) is 0 Å². The van der Waals surface area contributed by atoms with E-state index in [0.717, 1.165) is 18.9 Å². The average molecular weight is 235 g/mol. The molecule has 0 bridgehead atoms. The molecule has 3 unspecified atom stereocenters. The van der Waals surface area contributed by atoms with Gasteiger partial charge in [-0.15, -0.1) is 0 Å². The zero-order valence-electron chi connectivity index (χ0n) is 10.6. The molecule has 1 aromatic rings. The van der Waals surface area contributed by atoms with Crippen LogP contribution >= 0.6 is 0 Å². The zero-order valence-corrected chi connectivity index (χ0v) is 10.6. The molecule has 3 atom stereocenters. The van der Waals surface area contributed by atoms with Crippen LogP contribution in [0.2, 0.25) is 0 Å². The van der Waals surface area contributed by atoms with Gasteiger partial charge in [-0.05, 0) is 38.2 Å². The van der Waals surface area contributed by atoms with Crippen molar-refractivity contribution in [2.24, 2.45) is 13.0 Å². The van der Waals surface area contributed by atoms with Crippen LogP contribution in [0.1, 0.15) is 37.9 Å². The third-order valence-corrected chi connectivity index (χ3v) is 3.99. The number of rotatable bonds is 4. The Morgan fingerprint density at radius 1 is 1.47 bits per heavy atom. The molecule has 1 aliphatic heterocycles. The number of aromatic nitrogens is 2. The molecule has 0 radical (unpaired) electrons. The molecule has 1 N–H and O–H groups in total. The van der Waals surface area contributed by atoms with Gasteiger partial charge in [0.05, 0.1) is 11.8 Å². The van der Waals surface area contributed by atoms with Gasteiger partial charge in [-0.1, -0.05) is 0 Å². The second-order valence-electron chi connectivity index (χ2n) is 5.34. The number of hydrogen-bond donors (Lipinski definition) is 1. The summed E-state index contributed by atoms with van der Waals surface area (Å²) in [6, 6.07) is 2.95. The fraction of sp³-hybridized carbons (Fsp3) is 0.769. The molecule has 0 aromatic carbocycles. The fourth-order valence-corrected chi connectivity index (χ4v) is 2.89. The summed E-state index contributed by atoms with van der Waals surface area (Å²) in [5.41, 5.74) is 1.24. The van der Waals surface area contributed by atoms with Gasteiger partial charge in [0.2, 0.25) is 0 Å². The van der Waals surface area contributed by atoms with Crippen LogP contribution in [0.25, 0.3) is 0 Å². The Labute approximate surface area is 102 Å². The van der Waals surface area contributed by atoms with Crippen molar-refractivity contribution in [2.45, 2.75) is 44.4 Å². The Morgan fingerprint density at radius 2 is 2.29 bits per heavy atom. The van der Waals surface area contributed by atoms with Gasteiger partial charge in [-0.2, -0.15) is 5.10 Å². The van der Waals surface area contributed by atoms with Gasteiger partial charge in [0.25, 0.3) is 0 Å². The maximum Gasteiger partial charge on any atom is 0.0757 e. The van der Waals surface area contributed by atoms with Crippen molar-refractivity contribution in [3.8, 4) is 0 Å². The third-order valence-electron chi connectivity index (χ3n) is 3.99. The Kier molecular flexibility index (Phi) is 2.92. The topological polar surface area (TPSA) is 39.1 Å². The first-order valence-corrected chi connectivity index (χ1v) is 6.61. The van der Waals surface area contributed by atoms with Crippen molar-refractivity contribution in [3.63, 3.8) is 0 Å². The zero-order chi connectivity index (χ0) is 11.8. The van der Waals surface area contributed by atoms with E-state index in [4.69, 9.17) is 4.74 Å². The molecule has 0 amide bonds. The van der Waals surface area contributed by atoms with Crippen molar-refractivity contribution in [2.75, 3.05) is 6.61 Å². The molecule has 2 heterocycles. The van der Waals surface area contributed by atoms with E-state index >= 15 is 0 Å². The van der Waals surface area contributed by atoms with E-state index in [9.17, 15) is 0 Å². The van der Waals surface area contributed by atoms with Crippen LogP contribution in [0.15, 0.2) is 12.3 Å². The summed E-state index contributed by atoms with van der Waals surface area (Å²) in [4.78, 5) is 0. The maximum atomic E-state index is 5.85. The Bertz CT molecular complexity index is 386. The van der Waals surface area contributed by atoms with E-state index in [2.05, 4.69) is 23.4 Å². The molecule has 1 aromatic heterocycles. The third kappa shape index (κ3) is 2.24. The van der Waals surface area contributed by atoms with Crippen molar-refractivity contribution in [1.82, 2.24) is 15.1 Å². The van der Waals surface area contributed by atoms with Crippen molar-refractivity contribution < 1.29 is 4.74 Å². The summed E-state index contributed by atoms with van der Waals surface area (Å²) < 4.78 is 7.80. The van der Waals surface area contributed by atoms with Gasteiger partial charge < -0.3 is 10.1 Å². The highest BCUT2D eigenvalue weighted by molar-refractivity contribution is 5.07. The minimum Gasteiger partial charge on any atom is -0.376 e. The Hall–Kier alpha value is -0.870. The summed E-state index contributed by atoms with van der Waals surface area (Å²) in [7, 11) is 2.00. The van der Waals surface area contributed by atoms with Gasteiger partial charge in [-0.3, -0.25) is 4.68 Å². The highest BCUT2D eigenvalue weighted by Crippen LogP contribution is 2.39. The van der Waals surface area contributed by atoms with Crippen molar-refractivity contribution >= 4 is 0 Å². The standard InChI is InChI=1S/C13H21N3O/c1-9(12-5-7-14-16(12)2)15-11-6-8-17-13(11)10-3-4-10/h5,7,9-11,13,15H,3-4,6,8H2,1-2H3. The summed E-state index contributed by atoms with van der Waals surface area (Å²) >= 11 is 0. The molecular formula is C13H21N3O. The average Bonchev–Trinajstić information content (AvgIpc) is 2.89. The molecule has 4 heteroatoms. The molecule has 2 aliphatic rings. The predicted molar refractivity (Wildman–Crippen MR) is 65.6 cm³/mol. The maximum absolute atomic E-state index is 5.85. The van der Waals surface area contributed by atoms with Crippen molar-refractivity contribution in [3.05, 3.63) is 18.0 Å². The van der Waals surface area contributed by atoms with Gasteiger partial charge in [0.1, 0.15) is 0 Å². The van der Waals surface area contributed by atoms with E-state index in [-0.39, 0.29) is 0 Å². The summed E-state index contributed by atoms with van der Waals surface area (Å²) in [5, 5.41) is 7.93. The number of nitrogens with zero attached hydrogens (tertiary/aromatic N) is 2. The fourth-order valence-electron chi connectivity index (χ4n) is 2.89. The number of ether oxygens (including phenoxy) is 1. The molecule has 1 saturated carbocycles. The predicted octanol–water partition coefficient (Wildman–Crippen LogP) is 1.64. The quantitative estimate of drug-likeness (QED) is 0.862. The molecule has 0 spiro atoms. The monoisotopic (exact) mass is 235 g/mol. The summed E-state index contributed by atoms with van der Waals surface area (Å²) in [6.45, 7) is 3.12. The lowest BCUT2D eigenvalue weighted by Gasteiger charge is -2.24. The van der Waals surface area contributed by atoms with E-state index in [0.29, 0.717) is 18.2 Å². The molecule has 1 aliphatic carbocycles.